The third-order valence-electron chi connectivity index (χ3n) is 3.60. The van der Waals surface area contributed by atoms with Gasteiger partial charge in [0.15, 0.2) is 0 Å². The summed E-state index contributed by atoms with van der Waals surface area (Å²) >= 11 is 0. The van der Waals surface area contributed by atoms with E-state index in [1.807, 2.05) is 6.07 Å². The van der Waals surface area contributed by atoms with Gasteiger partial charge in [-0.2, -0.15) is 0 Å². The molecule has 2 heterocycles. The van der Waals surface area contributed by atoms with Crippen LogP contribution in [0.5, 0.6) is 5.88 Å². The van der Waals surface area contributed by atoms with Crippen LogP contribution in [-0.4, -0.2) is 43.2 Å². The van der Waals surface area contributed by atoms with Gasteiger partial charge >= 0.3 is 0 Å². The topological polar surface area (TPSA) is 37.4 Å². The number of fused-ring (bicyclic) bond motifs is 1. The van der Waals surface area contributed by atoms with Gasteiger partial charge in [0.05, 0.1) is 7.11 Å². The average Bonchev–Trinajstić information content (AvgIpc) is 2.47. The number of nitrogens with zero attached hydrogens (tertiary/aromatic N) is 2. The van der Waals surface area contributed by atoms with Gasteiger partial charge < -0.3 is 10.1 Å². The number of hydrogen-bond donors (Lipinski definition) is 1. The van der Waals surface area contributed by atoms with Crippen LogP contribution in [0.3, 0.4) is 0 Å². The molecule has 1 aliphatic rings. The maximum absolute atomic E-state index is 5.34. The van der Waals surface area contributed by atoms with Crippen LogP contribution in [0.1, 0.15) is 5.56 Å². The Hall–Kier alpha value is -1.65. The molecule has 0 unspecified atom stereocenters. The van der Waals surface area contributed by atoms with Gasteiger partial charge in [-0.3, -0.25) is 4.90 Å². The van der Waals surface area contributed by atoms with Crippen LogP contribution in [-0.2, 0) is 6.54 Å². The van der Waals surface area contributed by atoms with Gasteiger partial charge in [0, 0.05) is 44.3 Å². The first-order valence-corrected chi connectivity index (χ1v) is 6.71. The van der Waals surface area contributed by atoms with E-state index in [0.717, 1.165) is 38.1 Å². The van der Waals surface area contributed by atoms with Crippen LogP contribution < -0.4 is 10.1 Å². The van der Waals surface area contributed by atoms with E-state index >= 15 is 0 Å². The van der Waals surface area contributed by atoms with Crippen molar-refractivity contribution in [1.82, 2.24) is 15.2 Å². The molecule has 19 heavy (non-hydrogen) atoms. The first kappa shape index (κ1) is 12.4. The van der Waals surface area contributed by atoms with Crippen molar-refractivity contribution in [2.75, 3.05) is 33.3 Å². The number of hydrogen-bond acceptors (Lipinski definition) is 4. The van der Waals surface area contributed by atoms with Crippen molar-refractivity contribution in [3.05, 3.63) is 36.0 Å². The second-order valence-corrected chi connectivity index (χ2v) is 4.90. The molecule has 1 aromatic heterocycles. The predicted octanol–water partition coefficient (Wildman–Crippen LogP) is 1.65. The lowest BCUT2D eigenvalue weighted by atomic mass is 10.1. The summed E-state index contributed by atoms with van der Waals surface area (Å²) < 4.78 is 5.34. The summed E-state index contributed by atoms with van der Waals surface area (Å²) in [4.78, 5) is 6.74. The van der Waals surface area contributed by atoms with E-state index in [0.29, 0.717) is 5.88 Å². The second-order valence-electron chi connectivity index (χ2n) is 4.90. The standard InChI is InChI=1S/C15H19N3O/c1-19-15-14-10-12(2-3-13(14)4-5-17-15)11-18-8-6-16-7-9-18/h2-5,10,16H,6-9,11H2,1H3. The number of methoxy groups -OCH3 is 1. The molecule has 0 aliphatic carbocycles. The maximum Gasteiger partial charge on any atom is 0.221 e. The van der Waals surface area contributed by atoms with Gasteiger partial charge in [-0.25, -0.2) is 4.98 Å². The zero-order valence-corrected chi connectivity index (χ0v) is 11.2. The minimum Gasteiger partial charge on any atom is -0.481 e. The van der Waals surface area contributed by atoms with Crippen LogP contribution in [0.15, 0.2) is 30.5 Å². The molecule has 0 radical (unpaired) electrons. The highest BCUT2D eigenvalue weighted by atomic mass is 16.5. The predicted molar refractivity (Wildman–Crippen MR) is 76.4 cm³/mol. The van der Waals surface area contributed by atoms with Crippen LogP contribution in [0.25, 0.3) is 10.8 Å². The smallest absolute Gasteiger partial charge is 0.221 e. The summed E-state index contributed by atoms with van der Waals surface area (Å²) in [6, 6.07) is 8.57. The molecular formula is C15H19N3O. The van der Waals surface area contributed by atoms with Gasteiger partial charge in [0.1, 0.15) is 0 Å². The molecule has 0 spiro atoms. The number of rotatable bonds is 3. The van der Waals surface area contributed by atoms with Crippen molar-refractivity contribution < 1.29 is 4.74 Å². The molecule has 2 aromatic rings. The van der Waals surface area contributed by atoms with E-state index in [1.165, 1.54) is 10.9 Å². The minimum atomic E-state index is 0.708. The normalized spacial score (nSPS) is 16.7. The quantitative estimate of drug-likeness (QED) is 0.907. The van der Waals surface area contributed by atoms with E-state index in [-0.39, 0.29) is 0 Å². The molecule has 1 N–H and O–H groups in total. The van der Waals surface area contributed by atoms with E-state index in [1.54, 1.807) is 13.3 Å². The third kappa shape index (κ3) is 2.69. The number of pyridine rings is 1. The van der Waals surface area contributed by atoms with Gasteiger partial charge in [-0.1, -0.05) is 12.1 Å². The Morgan fingerprint density at radius 3 is 2.89 bits per heavy atom. The number of piperazine rings is 1. The van der Waals surface area contributed by atoms with Crippen molar-refractivity contribution in [1.29, 1.82) is 0 Å². The summed E-state index contributed by atoms with van der Waals surface area (Å²) in [5, 5.41) is 5.65. The lowest BCUT2D eigenvalue weighted by molar-refractivity contribution is 0.233. The van der Waals surface area contributed by atoms with Crippen molar-refractivity contribution >= 4 is 10.8 Å². The molecule has 4 nitrogen and oxygen atoms in total. The van der Waals surface area contributed by atoms with Crippen molar-refractivity contribution in [2.24, 2.45) is 0 Å². The monoisotopic (exact) mass is 257 g/mol. The highest BCUT2D eigenvalue weighted by Crippen LogP contribution is 2.24. The van der Waals surface area contributed by atoms with Crippen LogP contribution in [0.4, 0.5) is 0 Å². The molecule has 1 aromatic carbocycles. The Balaban J connectivity index is 1.87. The van der Waals surface area contributed by atoms with E-state index in [2.05, 4.69) is 33.4 Å². The molecule has 4 heteroatoms. The summed E-state index contributed by atoms with van der Waals surface area (Å²) in [7, 11) is 1.67. The van der Waals surface area contributed by atoms with E-state index in [4.69, 9.17) is 4.74 Å². The van der Waals surface area contributed by atoms with E-state index < -0.39 is 0 Å². The van der Waals surface area contributed by atoms with Gasteiger partial charge in [0.2, 0.25) is 5.88 Å². The Labute approximate surface area is 113 Å². The van der Waals surface area contributed by atoms with Gasteiger partial charge in [-0.05, 0) is 23.1 Å². The zero-order chi connectivity index (χ0) is 13.1. The molecule has 100 valence electrons. The molecular weight excluding hydrogens is 238 g/mol. The molecule has 0 bridgehead atoms. The fourth-order valence-corrected chi connectivity index (χ4v) is 2.58. The van der Waals surface area contributed by atoms with E-state index in [9.17, 15) is 0 Å². The first-order valence-electron chi connectivity index (χ1n) is 6.71. The molecule has 3 rings (SSSR count). The minimum absolute atomic E-state index is 0.708. The number of aromatic nitrogens is 1. The number of ether oxygens (including phenoxy) is 1. The Kier molecular flexibility index (Phi) is 3.62. The fourth-order valence-electron chi connectivity index (χ4n) is 2.58. The molecule has 0 amide bonds. The number of benzene rings is 1. The zero-order valence-electron chi connectivity index (χ0n) is 11.2. The average molecular weight is 257 g/mol. The van der Waals surface area contributed by atoms with Gasteiger partial charge in [-0.15, -0.1) is 0 Å². The Morgan fingerprint density at radius 1 is 1.26 bits per heavy atom. The molecule has 1 saturated heterocycles. The molecule has 0 atom stereocenters. The van der Waals surface area contributed by atoms with Gasteiger partial charge in [0.25, 0.3) is 0 Å². The lowest BCUT2D eigenvalue weighted by Crippen LogP contribution is -2.42. The molecule has 0 saturated carbocycles. The third-order valence-corrected chi connectivity index (χ3v) is 3.60. The maximum atomic E-state index is 5.34. The van der Waals surface area contributed by atoms with Crippen molar-refractivity contribution in [3.63, 3.8) is 0 Å². The summed E-state index contributed by atoms with van der Waals surface area (Å²) in [5.41, 5.74) is 1.32. The fraction of sp³-hybridized carbons (Fsp3) is 0.400. The van der Waals surface area contributed by atoms with Crippen molar-refractivity contribution in [2.45, 2.75) is 6.54 Å². The van der Waals surface area contributed by atoms with Crippen molar-refractivity contribution in [3.8, 4) is 5.88 Å². The highest BCUT2D eigenvalue weighted by Gasteiger charge is 2.11. The molecule has 1 fully saturated rings. The highest BCUT2D eigenvalue weighted by molar-refractivity contribution is 5.87. The number of nitrogens with one attached hydrogen (secondary N) is 1. The summed E-state index contributed by atoms with van der Waals surface area (Å²) in [6.07, 6.45) is 1.79. The summed E-state index contributed by atoms with van der Waals surface area (Å²) in [6.45, 7) is 5.39. The Morgan fingerprint density at radius 2 is 2.11 bits per heavy atom. The Bertz CT molecular complexity index is 564. The van der Waals surface area contributed by atoms with Crippen LogP contribution in [0, 0.1) is 0 Å². The summed E-state index contributed by atoms with van der Waals surface area (Å²) in [5.74, 6) is 0.708. The second kappa shape index (κ2) is 5.55. The van der Waals surface area contributed by atoms with Crippen LogP contribution >= 0.6 is 0 Å². The lowest BCUT2D eigenvalue weighted by Gasteiger charge is -2.27. The molecule has 1 aliphatic heterocycles. The first-order chi connectivity index (χ1) is 9.36. The largest absolute Gasteiger partial charge is 0.481 e. The van der Waals surface area contributed by atoms with Crippen LogP contribution in [0.2, 0.25) is 0 Å². The SMILES string of the molecule is COc1nccc2ccc(CN3CCNCC3)cc12.